The first-order chi connectivity index (χ1) is 8.56. The molecule has 4 heteroatoms. The molecule has 0 fully saturated rings. The number of nitrogens with zero attached hydrogens (tertiary/aromatic N) is 1. The predicted octanol–water partition coefficient (Wildman–Crippen LogP) is 3.81. The zero-order valence-corrected chi connectivity index (χ0v) is 11.6. The van der Waals surface area contributed by atoms with Crippen molar-refractivity contribution in [2.24, 2.45) is 4.99 Å². The van der Waals surface area contributed by atoms with Crippen LogP contribution in [0.1, 0.15) is 29.4 Å². The minimum atomic E-state index is 0.503. The number of hydrogen-bond acceptors (Lipinski definition) is 3. The van der Waals surface area contributed by atoms with Crippen molar-refractivity contribution < 1.29 is 0 Å². The van der Waals surface area contributed by atoms with Crippen molar-refractivity contribution in [2.75, 3.05) is 5.73 Å². The molecule has 0 heterocycles. The molecule has 3 rings (SSSR count). The third kappa shape index (κ3) is 1.80. The molecule has 0 aromatic heterocycles. The van der Waals surface area contributed by atoms with E-state index in [0.717, 1.165) is 5.69 Å². The Kier molecular flexibility index (Phi) is 2.79. The lowest BCUT2D eigenvalue weighted by molar-refractivity contribution is 0.804. The van der Waals surface area contributed by atoms with E-state index in [0.29, 0.717) is 27.5 Å². The Balaban J connectivity index is 2.07. The van der Waals surface area contributed by atoms with Crippen LogP contribution in [0.2, 0.25) is 0 Å². The molecule has 0 radical (unpaired) electrons. The van der Waals surface area contributed by atoms with Crippen molar-refractivity contribution >= 4 is 41.7 Å². The molecule has 2 unspecified atom stereocenters. The van der Waals surface area contributed by atoms with Crippen LogP contribution in [-0.4, -0.2) is 5.04 Å². The van der Waals surface area contributed by atoms with Gasteiger partial charge in [0.05, 0.1) is 11.4 Å². The summed E-state index contributed by atoms with van der Waals surface area (Å²) in [7, 11) is 0. The van der Waals surface area contributed by atoms with Gasteiger partial charge in [0.25, 0.3) is 0 Å². The minimum Gasteiger partial charge on any atom is -0.397 e. The maximum Gasteiger partial charge on any atom is 0.106 e. The highest BCUT2D eigenvalue weighted by molar-refractivity contribution is 8.01. The Morgan fingerprint density at radius 2 is 1.83 bits per heavy atom. The van der Waals surface area contributed by atoms with Crippen molar-refractivity contribution in [3.63, 3.8) is 0 Å². The fourth-order valence-electron chi connectivity index (χ4n) is 2.72. The molecule has 0 spiro atoms. The lowest BCUT2D eigenvalue weighted by Gasteiger charge is -2.13. The highest BCUT2D eigenvalue weighted by Crippen LogP contribution is 2.50. The Bertz CT molecular complexity index is 602. The van der Waals surface area contributed by atoms with E-state index in [4.69, 9.17) is 5.73 Å². The van der Waals surface area contributed by atoms with Gasteiger partial charge in [0.2, 0.25) is 0 Å². The first-order valence-electron chi connectivity index (χ1n) is 5.84. The summed E-state index contributed by atoms with van der Waals surface area (Å²) in [6.45, 7) is 3.70. The lowest BCUT2D eigenvalue weighted by Crippen LogP contribution is -1.97. The van der Waals surface area contributed by atoms with Crippen molar-refractivity contribution in [2.45, 2.75) is 18.3 Å². The van der Waals surface area contributed by atoms with Gasteiger partial charge < -0.3 is 5.73 Å². The van der Waals surface area contributed by atoms with Crippen molar-refractivity contribution in [1.82, 2.24) is 0 Å². The molecule has 0 aliphatic heterocycles. The van der Waals surface area contributed by atoms with Crippen LogP contribution in [-0.2, 0) is 0 Å². The van der Waals surface area contributed by atoms with Crippen LogP contribution < -0.4 is 5.73 Å². The maximum absolute atomic E-state index is 6.05. The molecule has 0 saturated heterocycles. The van der Waals surface area contributed by atoms with Gasteiger partial charge in [-0.2, -0.15) is 0 Å². The predicted molar refractivity (Wildman–Crippen MR) is 84.3 cm³/mol. The lowest BCUT2D eigenvalue weighted by atomic mass is 9.95. The molecule has 0 saturated carbocycles. The van der Waals surface area contributed by atoms with Crippen molar-refractivity contribution in [1.29, 1.82) is 0 Å². The average Bonchev–Trinajstić information content (AvgIpc) is 2.90. The van der Waals surface area contributed by atoms with E-state index in [-0.39, 0.29) is 0 Å². The van der Waals surface area contributed by atoms with Crippen LogP contribution in [0.15, 0.2) is 40.8 Å². The topological polar surface area (TPSA) is 38.4 Å². The molecule has 2 bridgehead atoms. The second kappa shape index (κ2) is 4.21. The zero-order valence-electron chi connectivity index (χ0n) is 9.80. The summed E-state index contributed by atoms with van der Waals surface area (Å²) in [5, 5.41) is 0.503. The number of allylic oxidation sites excluding steroid dienone is 2. The van der Waals surface area contributed by atoms with Gasteiger partial charge in [0.15, 0.2) is 0 Å². The minimum absolute atomic E-state index is 0.503. The molecule has 2 aliphatic carbocycles. The molecular weight excluding hydrogens is 260 g/mol. The molecule has 2 N–H and O–H groups in total. The van der Waals surface area contributed by atoms with E-state index >= 15 is 0 Å². The van der Waals surface area contributed by atoms with Crippen LogP contribution in [0.4, 0.5) is 11.4 Å². The fraction of sp³-hybridized carbons (Fsp3) is 0.214. The molecule has 1 aromatic rings. The van der Waals surface area contributed by atoms with Gasteiger partial charge in [-0.1, -0.05) is 18.7 Å². The molecule has 2 aliphatic rings. The van der Waals surface area contributed by atoms with Crippen LogP contribution in [0.3, 0.4) is 0 Å². The second-order valence-corrected chi connectivity index (χ2v) is 5.72. The molecule has 0 amide bonds. The normalized spacial score (nSPS) is 24.4. The third-order valence-electron chi connectivity index (χ3n) is 3.60. The number of nitrogen functional groups attached to an aromatic ring is 1. The third-order valence-corrected chi connectivity index (χ3v) is 4.36. The molecule has 18 heavy (non-hydrogen) atoms. The Morgan fingerprint density at radius 1 is 1.22 bits per heavy atom. The smallest absolute Gasteiger partial charge is 0.106 e. The van der Waals surface area contributed by atoms with Gasteiger partial charge in [0.1, 0.15) is 5.04 Å². The van der Waals surface area contributed by atoms with Crippen LogP contribution in [0.25, 0.3) is 0 Å². The molecule has 2 atom stereocenters. The highest BCUT2D eigenvalue weighted by atomic mass is 32.1. The number of aliphatic imine (C=N–C) groups is 1. The van der Waals surface area contributed by atoms with E-state index in [1.54, 1.807) is 0 Å². The van der Waals surface area contributed by atoms with E-state index < -0.39 is 0 Å². The van der Waals surface area contributed by atoms with Gasteiger partial charge in [-0.15, -0.1) is 25.3 Å². The summed E-state index contributed by atoms with van der Waals surface area (Å²) in [5.41, 5.74) is 10.2. The van der Waals surface area contributed by atoms with Crippen molar-refractivity contribution in [3.8, 4) is 0 Å². The summed E-state index contributed by atoms with van der Waals surface area (Å²) in [6, 6.07) is 4.12. The molecule has 1 aromatic carbocycles. The number of hydrogen-bond donors (Lipinski definition) is 3. The molecule has 92 valence electrons. The monoisotopic (exact) mass is 274 g/mol. The maximum atomic E-state index is 6.05. The fourth-order valence-corrected chi connectivity index (χ4v) is 2.87. The Morgan fingerprint density at radius 3 is 2.44 bits per heavy atom. The molecular formula is C14H14N2S2. The largest absolute Gasteiger partial charge is 0.397 e. The first-order valence-corrected chi connectivity index (χ1v) is 6.73. The standard InChI is InChI=1S/C14H14N2S2/c1-7(17)14(18)16-13-6-11-9-3-2-8(4-9)10(11)5-12(13)15/h2-3,5-6,8-9,17H,1,4,15H2,(H,16,18). The van der Waals surface area contributed by atoms with E-state index in [1.165, 1.54) is 17.5 Å². The average molecular weight is 274 g/mol. The van der Waals surface area contributed by atoms with Crippen LogP contribution in [0, 0.1) is 0 Å². The zero-order chi connectivity index (χ0) is 12.9. The number of anilines is 1. The summed E-state index contributed by atoms with van der Waals surface area (Å²) in [5.74, 6) is 1.07. The van der Waals surface area contributed by atoms with E-state index in [1.807, 2.05) is 6.07 Å². The van der Waals surface area contributed by atoms with Gasteiger partial charge >= 0.3 is 0 Å². The number of thiol groups is 2. The summed E-state index contributed by atoms with van der Waals surface area (Å²) < 4.78 is 0. The van der Waals surface area contributed by atoms with Gasteiger partial charge in [-0.25, -0.2) is 4.99 Å². The summed E-state index contributed by atoms with van der Waals surface area (Å²) in [6.07, 6.45) is 5.72. The SMILES string of the molecule is C=C(S)/C(S)=N\c1cc2c(cc1N)C1C=CC2C1. The number of fused-ring (bicyclic) bond motifs is 5. The Hall–Kier alpha value is -1.13. The van der Waals surface area contributed by atoms with E-state index in [2.05, 4.69) is 55.0 Å². The highest BCUT2D eigenvalue weighted by Gasteiger charge is 2.33. The second-order valence-electron chi connectivity index (χ2n) is 4.76. The van der Waals surface area contributed by atoms with Crippen LogP contribution >= 0.6 is 25.3 Å². The van der Waals surface area contributed by atoms with Crippen LogP contribution in [0.5, 0.6) is 0 Å². The number of benzene rings is 1. The van der Waals surface area contributed by atoms with Gasteiger partial charge in [0, 0.05) is 16.7 Å². The van der Waals surface area contributed by atoms with E-state index in [9.17, 15) is 0 Å². The van der Waals surface area contributed by atoms with Gasteiger partial charge in [-0.05, 0) is 29.7 Å². The summed E-state index contributed by atoms with van der Waals surface area (Å²) >= 11 is 8.38. The first kappa shape index (κ1) is 11.9. The number of rotatable bonds is 2. The van der Waals surface area contributed by atoms with Gasteiger partial charge in [-0.3, -0.25) is 0 Å². The summed E-state index contributed by atoms with van der Waals surface area (Å²) in [4.78, 5) is 4.92. The quantitative estimate of drug-likeness (QED) is 0.248. The Labute approximate surface area is 118 Å². The molecule has 2 nitrogen and oxygen atoms in total. The number of nitrogens with two attached hydrogens (primary N) is 1. The van der Waals surface area contributed by atoms with Crippen molar-refractivity contribution in [3.05, 3.63) is 46.9 Å².